The molecule has 13 heavy (non-hydrogen) atoms. The van der Waals surface area contributed by atoms with Gasteiger partial charge in [-0.3, -0.25) is 0 Å². The molecule has 0 bridgehead atoms. The molecule has 0 aromatic heterocycles. The summed E-state index contributed by atoms with van der Waals surface area (Å²) in [7, 11) is 0. The Balaban J connectivity index is 2.04. The molecule has 2 saturated heterocycles. The molecule has 3 heteroatoms. The Hall–Kier alpha value is -0.120. The Kier molecular flexibility index (Phi) is 2.34. The Morgan fingerprint density at radius 1 is 1.23 bits per heavy atom. The number of ether oxygens (including phenoxy) is 2. The third kappa shape index (κ3) is 2.03. The summed E-state index contributed by atoms with van der Waals surface area (Å²) in [6.07, 6.45) is 2.25. The average Bonchev–Trinajstić information content (AvgIpc) is 2.03. The quantitative estimate of drug-likeness (QED) is 0.609. The van der Waals surface area contributed by atoms with Crippen LogP contribution in [0.2, 0.25) is 0 Å². The molecule has 0 saturated carbocycles. The summed E-state index contributed by atoms with van der Waals surface area (Å²) in [6, 6.07) is 0. The predicted octanol–water partition coefficient (Wildman–Crippen LogP) is 0.934. The van der Waals surface area contributed by atoms with Crippen molar-refractivity contribution in [2.24, 2.45) is 0 Å². The maximum absolute atomic E-state index is 6.11. The van der Waals surface area contributed by atoms with Crippen molar-refractivity contribution in [2.75, 3.05) is 26.3 Å². The molecule has 1 atom stereocenters. The third-order valence-corrected chi connectivity index (χ3v) is 2.78. The van der Waals surface area contributed by atoms with E-state index >= 15 is 0 Å². The fourth-order valence-electron chi connectivity index (χ4n) is 2.30. The van der Waals surface area contributed by atoms with Gasteiger partial charge in [0.25, 0.3) is 0 Å². The molecule has 2 fully saturated rings. The van der Waals surface area contributed by atoms with Crippen LogP contribution in [0.25, 0.3) is 0 Å². The van der Waals surface area contributed by atoms with Crippen LogP contribution < -0.4 is 5.32 Å². The minimum Gasteiger partial charge on any atom is -0.378 e. The van der Waals surface area contributed by atoms with Crippen LogP contribution in [0.3, 0.4) is 0 Å². The van der Waals surface area contributed by atoms with Gasteiger partial charge < -0.3 is 14.8 Å². The first-order valence-corrected chi connectivity index (χ1v) is 5.11. The summed E-state index contributed by atoms with van der Waals surface area (Å²) in [6.45, 7) is 7.80. The van der Waals surface area contributed by atoms with Gasteiger partial charge in [-0.05, 0) is 26.7 Å². The van der Waals surface area contributed by atoms with Crippen LogP contribution in [0.4, 0.5) is 0 Å². The molecule has 1 spiro atoms. The van der Waals surface area contributed by atoms with Gasteiger partial charge in [-0.25, -0.2) is 0 Å². The van der Waals surface area contributed by atoms with Gasteiger partial charge >= 0.3 is 0 Å². The first kappa shape index (κ1) is 9.44. The van der Waals surface area contributed by atoms with Gasteiger partial charge in [0.2, 0.25) is 0 Å². The van der Waals surface area contributed by atoms with Gasteiger partial charge in [-0.1, -0.05) is 0 Å². The third-order valence-electron chi connectivity index (χ3n) is 2.78. The van der Waals surface area contributed by atoms with Crippen LogP contribution in [-0.2, 0) is 9.47 Å². The standard InChI is InChI=1S/C10H19NO2/c1-9(2)6-11-7-10(13-9)4-3-5-12-8-10/h11H,3-8H2,1-2H3. The highest BCUT2D eigenvalue weighted by Gasteiger charge is 2.42. The van der Waals surface area contributed by atoms with Gasteiger partial charge in [0.15, 0.2) is 0 Å². The zero-order valence-corrected chi connectivity index (χ0v) is 8.56. The molecule has 2 rings (SSSR count). The van der Waals surface area contributed by atoms with Crippen molar-refractivity contribution in [3.8, 4) is 0 Å². The number of morpholine rings is 1. The van der Waals surface area contributed by atoms with E-state index in [9.17, 15) is 0 Å². The lowest BCUT2D eigenvalue weighted by molar-refractivity contribution is -0.205. The van der Waals surface area contributed by atoms with Gasteiger partial charge in [0.05, 0.1) is 12.2 Å². The lowest BCUT2D eigenvalue weighted by atomic mass is 9.92. The van der Waals surface area contributed by atoms with E-state index in [1.807, 2.05) is 0 Å². The smallest absolute Gasteiger partial charge is 0.105 e. The Morgan fingerprint density at radius 2 is 2.08 bits per heavy atom. The van der Waals surface area contributed by atoms with E-state index in [1.54, 1.807) is 0 Å². The highest BCUT2D eigenvalue weighted by molar-refractivity contribution is 4.94. The summed E-state index contributed by atoms with van der Waals surface area (Å²) in [4.78, 5) is 0. The van der Waals surface area contributed by atoms with E-state index in [4.69, 9.17) is 9.47 Å². The fraction of sp³-hybridized carbons (Fsp3) is 1.00. The first-order valence-electron chi connectivity index (χ1n) is 5.11. The Morgan fingerprint density at radius 3 is 2.69 bits per heavy atom. The van der Waals surface area contributed by atoms with Crippen molar-refractivity contribution in [3.63, 3.8) is 0 Å². The maximum atomic E-state index is 6.11. The highest BCUT2D eigenvalue weighted by Crippen LogP contribution is 2.30. The van der Waals surface area contributed by atoms with Crippen molar-refractivity contribution in [2.45, 2.75) is 37.9 Å². The summed E-state index contributed by atoms with van der Waals surface area (Å²) in [5.74, 6) is 0. The largest absolute Gasteiger partial charge is 0.378 e. The minimum absolute atomic E-state index is 0.0417. The fourth-order valence-corrected chi connectivity index (χ4v) is 2.30. The zero-order valence-electron chi connectivity index (χ0n) is 8.56. The molecule has 1 N–H and O–H groups in total. The van der Waals surface area contributed by atoms with E-state index in [2.05, 4.69) is 19.2 Å². The molecule has 3 nitrogen and oxygen atoms in total. The van der Waals surface area contributed by atoms with Gasteiger partial charge in [0.1, 0.15) is 5.60 Å². The summed E-state index contributed by atoms with van der Waals surface area (Å²) < 4.78 is 11.6. The molecule has 0 radical (unpaired) electrons. The van der Waals surface area contributed by atoms with E-state index < -0.39 is 0 Å². The van der Waals surface area contributed by atoms with Crippen molar-refractivity contribution < 1.29 is 9.47 Å². The highest BCUT2D eigenvalue weighted by atomic mass is 16.6. The van der Waals surface area contributed by atoms with Crippen molar-refractivity contribution in [1.29, 1.82) is 0 Å². The van der Waals surface area contributed by atoms with Crippen molar-refractivity contribution in [1.82, 2.24) is 5.32 Å². The minimum atomic E-state index is -0.0427. The monoisotopic (exact) mass is 185 g/mol. The Labute approximate surface area is 79.8 Å². The number of rotatable bonds is 0. The molecule has 2 heterocycles. The topological polar surface area (TPSA) is 30.5 Å². The van der Waals surface area contributed by atoms with Crippen LogP contribution >= 0.6 is 0 Å². The molecular formula is C10H19NO2. The van der Waals surface area contributed by atoms with Crippen LogP contribution in [-0.4, -0.2) is 37.5 Å². The van der Waals surface area contributed by atoms with Crippen LogP contribution in [0, 0.1) is 0 Å². The predicted molar refractivity (Wildman–Crippen MR) is 50.8 cm³/mol. The average molecular weight is 185 g/mol. The lowest BCUT2D eigenvalue weighted by Gasteiger charge is -2.47. The second-order valence-electron chi connectivity index (χ2n) is 4.80. The molecule has 0 amide bonds. The van der Waals surface area contributed by atoms with Crippen molar-refractivity contribution in [3.05, 3.63) is 0 Å². The van der Waals surface area contributed by atoms with Gasteiger partial charge in [-0.2, -0.15) is 0 Å². The van der Waals surface area contributed by atoms with Crippen LogP contribution in [0.15, 0.2) is 0 Å². The number of hydrogen-bond acceptors (Lipinski definition) is 3. The second-order valence-corrected chi connectivity index (χ2v) is 4.80. The summed E-state index contributed by atoms with van der Waals surface area (Å²) in [5, 5.41) is 3.43. The number of nitrogens with one attached hydrogen (secondary N) is 1. The molecule has 76 valence electrons. The molecule has 0 aromatic carbocycles. The second kappa shape index (κ2) is 3.23. The zero-order chi connectivity index (χ0) is 9.36. The SMILES string of the molecule is CC1(C)CNCC2(CCCOC2)O1. The van der Waals surface area contributed by atoms with E-state index in [-0.39, 0.29) is 11.2 Å². The molecule has 2 aliphatic heterocycles. The van der Waals surface area contributed by atoms with E-state index in [0.717, 1.165) is 39.1 Å². The van der Waals surface area contributed by atoms with E-state index in [1.165, 1.54) is 0 Å². The lowest BCUT2D eigenvalue weighted by Crippen LogP contribution is -2.61. The van der Waals surface area contributed by atoms with Gasteiger partial charge in [-0.15, -0.1) is 0 Å². The maximum Gasteiger partial charge on any atom is 0.105 e. The molecule has 0 aliphatic carbocycles. The summed E-state index contributed by atoms with van der Waals surface area (Å²) >= 11 is 0. The molecular weight excluding hydrogens is 166 g/mol. The molecule has 0 aromatic rings. The Bertz CT molecular complexity index is 180. The van der Waals surface area contributed by atoms with Crippen LogP contribution in [0.5, 0.6) is 0 Å². The molecule has 2 aliphatic rings. The van der Waals surface area contributed by atoms with Gasteiger partial charge in [0, 0.05) is 19.7 Å². The normalized spacial score (nSPS) is 39.2. The van der Waals surface area contributed by atoms with Crippen molar-refractivity contribution >= 4 is 0 Å². The molecule has 1 unspecified atom stereocenters. The summed E-state index contributed by atoms with van der Waals surface area (Å²) in [5.41, 5.74) is -0.0844. The first-order chi connectivity index (χ1) is 6.12. The number of hydrogen-bond donors (Lipinski definition) is 1. The van der Waals surface area contributed by atoms with E-state index in [0.29, 0.717) is 0 Å². The van der Waals surface area contributed by atoms with Crippen LogP contribution in [0.1, 0.15) is 26.7 Å².